The molecule has 8 nitrogen and oxygen atoms in total. The number of anilines is 2. The number of thioether (sulfide) groups is 1. The summed E-state index contributed by atoms with van der Waals surface area (Å²) in [5, 5.41) is 17.4. The topological polar surface area (TPSA) is 110 Å². The minimum absolute atomic E-state index is 0.145. The van der Waals surface area contributed by atoms with Gasteiger partial charge in [0, 0.05) is 10.6 Å². The quantitative estimate of drug-likeness (QED) is 0.243. The molecular weight excluding hydrogens is 382 g/mol. The zero-order valence-corrected chi connectivity index (χ0v) is 16.5. The number of aromatic nitrogens is 3. The number of hydrogen-bond acceptors (Lipinski definition) is 8. The van der Waals surface area contributed by atoms with E-state index in [-0.39, 0.29) is 11.7 Å². The number of benzene rings is 1. The maximum atomic E-state index is 12.1. The fraction of sp³-hybridized carbons (Fsp3) is 0.176. The molecule has 0 aliphatic rings. The molecule has 1 aromatic carbocycles. The van der Waals surface area contributed by atoms with Gasteiger partial charge in [0.1, 0.15) is 0 Å². The Kier molecular flexibility index (Phi) is 6.09. The highest BCUT2D eigenvalue weighted by Gasteiger charge is 2.12. The van der Waals surface area contributed by atoms with Crippen molar-refractivity contribution >= 4 is 46.4 Å². The Morgan fingerprint density at radius 2 is 2.07 bits per heavy atom. The lowest BCUT2D eigenvalue weighted by Crippen LogP contribution is -2.17. The van der Waals surface area contributed by atoms with E-state index in [1.807, 2.05) is 55.6 Å². The van der Waals surface area contributed by atoms with Crippen LogP contribution in [0.15, 0.2) is 52.0 Å². The van der Waals surface area contributed by atoms with Crippen molar-refractivity contribution in [2.75, 3.05) is 22.3 Å². The van der Waals surface area contributed by atoms with E-state index in [1.54, 1.807) is 11.3 Å². The lowest BCUT2D eigenvalue weighted by molar-refractivity contribution is -0.113. The molecule has 0 fully saturated rings. The molecule has 4 N–H and O–H groups in total. The predicted molar refractivity (Wildman–Crippen MR) is 111 cm³/mol. The molecule has 0 aliphatic heterocycles. The summed E-state index contributed by atoms with van der Waals surface area (Å²) in [6, 6.07) is 11.5. The molecule has 10 heteroatoms. The van der Waals surface area contributed by atoms with Crippen LogP contribution in [0.2, 0.25) is 0 Å². The van der Waals surface area contributed by atoms with Gasteiger partial charge in [0.2, 0.25) is 11.1 Å². The third kappa shape index (κ3) is 5.08. The van der Waals surface area contributed by atoms with Crippen LogP contribution in [0.25, 0.3) is 0 Å². The molecule has 27 heavy (non-hydrogen) atoms. The fourth-order valence-electron chi connectivity index (χ4n) is 2.09. The number of nitrogen functional groups attached to an aromatic ring is 1. The van der Waals surface area contributed by atoms with Crippen LogP contribution in [-0.4, -0.2) is 32.2 Å². The SMILES string of the molecule is C/C(=N\Nc1nnc(SCC(=O)Nc2ccc(C)cc2)n1N)c1cccs1. The molecule has 3 aromatic rings. The van der Waals surface area contributed by atoms with Gasteiger partial charge in [-0.1, -0.05) is 35.5 Å². The summed E-state index contributed by atoms with van der Waals surface area (Å²) >= 11 is 2.79. The van der Waals surface area contributed by atoms with E-state index >= 15 is 0 Å². The molecule has 0 bridgehead atoms. The highest BCUT2D eigenvalue weighted by Crippen LogP contribution is 2.18. The molecule has 0 unspecified atom stereocenters. The number of nitrogens with one attached hydrogen (secondary N) is 2. The minimum Gasteiger partial charge on any atom is -0.334 e. The molecule has 0 saturated heterocycles. The average Bonchev–Trinajstić information content (AvgIpc) is 3.31. The third-order valence-corrected chi connectivity index (χ3v) is 5.46. The molecule has 1 amide bonds. The largest absolute Gasteiger partial charge is 0.334 e. The Labute approximate surface area is 164 Å². The highest BCUT2D eigenvalue weighted by molar-refractivity contribution is 7.99. The zero-order valence-electron chi connectivity index (χ0n) is 14.8. The van der Waals surface area contributed by atoms with E-state index in [0.29, 0.717) is 11.1 Å². The van der Waals surface area contributed by atoms with Gasteiger partial charge in [-0.25, -0.2) is 10.1 Å². The van der Waals surface area contributed by atoms with Crippen molar-refractivity contribution in [2.24, 2.45) is 5.10 Å². The average molecular weight is 402 g/mol. The van der Waals surface area contributed by atoms with Gasteiger partial charge in [-0.2, -0.15) is 5.10 Å². The molecule has 2 heterocycles. The third-order valence-electron chi connectivity index (χ3n) is 3.53. The van der Waals surface area contributed by atoms with E-state index in [2.05, 4.69) is 26.0 Å². The van der Waals surface area contributed by atoms with E-state index in [0.717, 1.165) is 21.8 Å². The number of nitrogens with zero attached hydrogens (tertiary/aromatic N) is 4. The second kappa shape index (κ2) is 8.69. The van der Waals surface area contributed by atoms with Gasteiger partial charge in [-0.15, -0.1) is 21.5 Å². The summed E-state index contributed by atoms with van der Waals surface area (Å²) in [6.45, 7) is 3.88. The van der Waals surface area contributed by atoms with Gasteiger partial charge in [-0.05, 0) is 37.4 Å². The van der Waals surface area contributed by atoms with E-state index in [9.17, 15) is 4.79 Å². The van der Waals surface area contributed by atoms with Crippen LogP contribution in [0.1, 0.15) is 17.4 Å². The molecule has 140 valence electrons. The lowest BCUT2D eigenvalue weighted by Gasteiger charge is -2.06. The molecule has 0 aliphatic carbocycles. The maximum absolute atomic E-state index is 12.1. The van der Waals surface area contributed by atoms with Crippen LogP contribution in [0, 0.1) is 6.92 Å². The number of carbonyl (C=O) groups excluding carboxylic acids is 1. The maximum Gasteiger partial charge on any atom is 0.264 e. The normalized spacial score (nSPS) is 11.4. The lowest BCUT2D eigenvalue weighted by atomic mass is 10.2. The molecule has 0 atom stereocenters. The Morgan fingerprint density at radius 1 is 1.30 bits per heavy atom. The van der Waals surface area contributed by atoms with E-state index in [4.69, 9.17) is 5.84 Å². The number of nitrogens with two attached hydrogens (primary N) is 1. The molecule has 2 aromatic heterocycles. The van der Waals surface area contributed by atoms with Crippen molar-refractivity contribution in [3.63, 3.8) is 0 Å². The number of amides is 1. The monoisotopic (exact) mass is 401 g/mol. The Bertz CT molecular complexity index is 933. The molecule has 3 rings (SSSR count). The van der Waals surface area contributed by atoms with Gasteiger partial charge in [0.25, 0.3) is 5.95 Å². The Morgan fingerprint density at radius 3 is 2.78 bits per heavy atom. The van der Waals surface area contributed by atoms with Crippen molar-refractivity contribution < 1.29 is 4.79 Å². The van der Waals surface area contributed by atoms with Crippen molar-refractivity contribution in [2.45, 2.75) is 19.0 Å². The first-order valence-corrected chi connectivity index (χ1v) is 9.93. The van der Waals surface area contributed by atoms with Crippen LogP contribution in [0.4, 0.5) is 11.6 Å². The van der Waals surface area contributed by atoms with Crippen LogP contribution in [0.5, 0.6) is 0 Å². The molecule has 0 saturated carbocycles. The highest BCUT2D eigenvalue weighted by atomic mass is 32.2. The van der Waals surface area contributed by atoms with Crippen LogP contribution in [0.3, 0.4) is 0 Å². The van der Waals surface area contributed by atoms with Gasteiger partial charge < -0.3 is 11.2 Å². The summed E-state index contributed by atoms with van der Waals surface area (Å²) in [4.78, 5) is 13.1. The van der Waals surface area contributed by atoms with Gasteiger partial charge in [0.05, 0.1) is 11.5 Å². The Balaban J connectivity index is 1.54. The predicted octanol–water partition coefficient (Wildman–Crippen LogP) is 2.93. The number of hydrazone groups is 1. The van der Waals surface area contributed by atoms with E-state index in [1.165, 1.54) is 16.4 Å². The number of rotatable bonds is 7. The second-order valence-corrected chi connectivity index (χ2v) is 7.56. The van der Waals surface area contributed by atoms with Crippen molar-refractivity contribution in [3.8, 4) is 0 Å². The second-order valence-electron chi connectivity index (χ2n) is 5.67. The summed E-state index contributed by atoms with van der Waals surface area (Å²) < 4.78 is 1.27. The van der Waals surface area contributed by atoms with Crippen LogP contribution < -0.4 is 16.6 Å². The smallest absolute Gasteiger partial charge is 0.264 e. The number of hydrogen-bond donors (Lipinski definition) is 3. The molecule has 0 radical (unpaired) electrons. The number of carbonyl (C=O) groups is 1. The first-order valence-electron chi connectivity index (χ1n) is 8.07. The first-order chi connectivity index (χ1) is 13.0. The molecular formula is C17H19N7OS2. The number of thiophene rings is 1. The zero-order chi connectivity index (χ0) is 19.2. The van der Waals surface area contributed by atoms with Crippen molar-refractivity contribution in [1.29, 1.82) is 0 Å². The number of aryl methyl sites for hydroxylation is 1. The summed E-state index contributed by atoms with van der Waals surface area (Å²) in [5.74, 6) is 6.29. The fourth-order valence-corrected chi connectivity index (χ4v) is 3.42. The minimum atomic E-state index is -0.145. The molecule has 0 spiro atoms. The summed E-state index contributed by atoms with van der Waals surface area (Å²) in [7, 11) is 0. The van der Waals surface area contributed by atoms with Crippen molar-refractivity contribution in [3.05, 3.63) is 52.2 Å². The van der Waals surface area contributed by atoms with Crippen LogP contribution in [-0.2, 0) is 4.79 Å². The van der Waals surface area contributed by atoms with Gasteiger partial charge in [0.15, 0.2) is 0 Å². The first kappa shape index (κ1) is 18.9. The van der Waals surface area contributed by atoms with Gasteiger partial charge in [-0.3, -0.25) is 4.79 Å². The Hall–Kier alpha value is -2.85. The standard InChI is InChI=1S/C17H19N7OS2/c1-11-5-7-13(8-6-11)19-15(25)10-27-17-23-22-16(24(17)18)21-20-12(2)14-4-3-9-26-14/h3-9H,10,18H2,1-2H3,(H,19,25)(H,21,22)/b20-12+. The summed E-state index contributed by atoms with van der Waals surface area (Å²) in [6.07, 6.45) is 0. The van der Waals surface area contributed by atoms with E-state index < -0.39 is 0 Å². The van der Waals surface area contributed by atoms with Crippen LogP contribution >= 0.6 is 23.1 Å². The summed E-state index contributed by atoms with van der Waals surface area (Å²) in [5.41, 5.74) is 5.50. The van der Waals surface area contributed by atoms with Gasteiger partial charge >= 0.3 is 0 Å². The van der Waals surface area contributed by atoms with Crippen molar-refractivity contribution in [1.82, 2.24) is 14.9 Å².